The zero-order chi connectivity index (χ0) is 8.74. The molecule has 0 unspecified atom stereocenters. The first kappa shape index (κ1) is 15.7. The van der Waals surface area contributed by atoms with E-state index >= 15 is 0 Å². The Morgan fingerprint density at radius 1 is 1.50 bits per heavy atom. The van der Waals surface area contributed by atoms with Gasteiger partial charge in [0.1, 0.15) is 0 Å². The van der Waals surface area contributed by atoms with E-state index in [2.05, 4.69) is 6.58 Å². The van der Waals surface area contributed by atoms with Gasteiger partial charge in [-0.1, -0.05) is 6.08 Å². The first-order valence-corrected chi connectivity index (χ1v) is 4.81. The van der Waals surface area contributed by atoms with Crippen LogP contribution in [0.15, 0.2) is 12.7 Å². The molecule has 0 aliphatic carbocycles. The quantitative estimate of drug-likeness (QED) is 0.292. The van der Waals surface area contributed by atoms with Gasteiger partial charge in [0.2, 0.25) is 0 Å². The Balaban J connectivity index is 0. The molecule has 68 valence electrons. The molecule has 0 amide bonds. The Morgan fingerprint density at radius 2 is 2.08 bits per heavy atom. The van der Waals surface area contributed by atoms with Gasteiger partial charge in [0.05, 0.1) is 12.4 Å². The van der Waals surface area contributed by atoms with Crippen molar-refractivity contribution in [1.29, 1.82) is 0 Å². The summed E-state index contributed by atoms with van der Waals surface area (Å²) >= 11 is 0. The van der Waals surface area contributed by atoms with Gasteiger partial charge in [-0.15, -0.1) is 6.58 Å². The number of hydrogen-bond donors (Lipinski definition) is 1. The first-order chi connectivity index (χ1) is 5.06. The Labute approximate surface area is 116 Å². The SMILES string of the molecule is C=CCOCCCS(=O)(=O)O.[KH]. The van der Waals surface area contributed by atoms with Gasteiger partial charge in [-0.3, -0.25) is 4.55 Å². The minimum absolute atomic E-state index is 0. The van der Waals surface area contributed by atoms with Crippen molar-refractivity contribution in [2.75, 3.05) is 19.0 Å². The second-order valence-corrected chi connectivity index (χ2v) is 3.58. The molecule has 0 heterocycles. The Kier molecular flexibility index (Phi) is 11.6. The molecule has 12 heavy (non-hydrogen) atoms. The van der Waals surface area contributed by atoms with Crippen LogP contribution in [0.1, 0.15) is 6.42 Å². The summed E-state index contributed by atoms with van der Waals surface area (Å²) in [5, 5.41) is 0. The molecule has 0 rings (SSSR count). The third kappa shape index (κ3) is 13.8. The third-order valence-electron chi connectivity index (χ3n) is 0.927. The summed E-state index contributed by atoms with van der Waals surface area (Å²) < 4.78 is 33.4. The maximum atomic E-state index is 10.1. The molecule has 0 radical (unpaired) electrons. The Hall–Kier alpha value is 1.25. The summed E-state index contributed by atoms with van der Waals surface area (Å²) in [6, 6.07) is 0. The summed E-state index contributed by atoms with van der Waals surface area (Å²) in [5.41, 5.74) is 0. The van der Waals surface area contributed by atoms with E-state index in [-0.39, 0.29) is 57.1 Å². The van der Waals surface area contributed by atoms with Gasteiger partial charge in [-0.05, 0) is 6.42 Å². The minimum atomic E-state index is -3.82. The molecular formula is C6H13KO4S. The van der Waals surface area contributed by atoms with Crippen molar-refractivity contribution in [1.82, 2.24) is 0 Å². The van der Waals surface area contributed by atoms with Gasteiger partial charge < -0.3 is 4.74 Å². The van der Waals surface area contributed by atoms with Gasteiger partial charge in [0, 0.05) is 6.61 Å². The van der Waals surface area contributed by atoms with E-state index in [1.54, 1.807) is 6.08 Å². The van der Waals surface area contributed by atoms with Crippen LogP contribution in [-0.4, -0.2) is 83.3 Å². The van der Waals surface area contributed by atoms with Crippen LogP contribution in [0.3, 0.4) is 0 Å². The van der Waals surface area contributed by atoms with Crippen LogP contribution < -0.4 is 0 Å². The van der Waals surface area contributed by atoms with E-state index in [1.807, 2.05) is 0 Å². The summed E-state index contributed by atoms with van der Waals surface area (Å²) in [4.78, 5) is 0. The van der Waals surface area contributed by atoms with Crippen LogP contribution in [0.25, 0.3) is 0 Å². The van der Waals surface area contributed by atoms with Crippen molar-refractivity contribution in [3.63, 3.8) is 0 Å². The zero-order valence-corrected chi connectivity index (χ0v) is 7.01. The third-order valence-corrected chi connectivity index (χ3v) is 1.73. The molecule has 0 aromatic rings. The van der Waals surface area contributed by atoms with E-state index in [0.717, 1.165) is 0 Å². The van der Waals surface area contributed by atoms with Crippen LogP contribution >= 0.6 is 0 Å². The average molecular weight is 220 g/mol. The van der Waals surface area contributed by atoms with Crippen LogP contribution in [0, 0.1) is 0 Å². The standard InChI is InChI=1S/C6H12O4S.K.H/c1-2-4-10-5-3-6-11(7,8)9;;/h2H,1,3-6H2,(H,7,8,9);;. The van der Waals surface area contributed by atoms with Crippen LogP contribution in [0.5, 0.6) is 0 Å². The molecule has 6 heteroatoms. The van der Waals surface area contributed by atoms with Gasteiger partial charge in [-0.25, -0.2) is 0 Å². The maximum absolute atomic E-state index is 10.1. The summed E-state index contributed by atoms with van der Waals surface area (Å²) in [5.74, 6) is -0.246. The fourth-order valence-electron chi connectivity index (χ4n) is 0.510. The second-order valence-electron chi connectivity index (χ2n) is 2.00. The molecule has 1 N–H and O–H groups in total. The summed E-state index contributed by atoms with van der Waals surface area (Å²) in [6.07, 6.45) is 1.89. The molecule has 0 aliphatic heterocycles. The normalized spacial score (nSPS) is 10.4. The Bertz CT molecular complexity index is 200. The van der Waals surface area contributed by atoms with Crippen LogP contribution in [-0.2, 0) is 14.9 Å². The van der Waals surface area contributed by atoms with Gasteiger partial charge in [0.15, 0.2) is 0 Å². The fourth-order valence-corrected chi connectivity index (χ4v) is 0.993. The zero-order valence-electron chi connectivity index (χ0n) is 6.19. The summed E-state index contributed by atoms with van der Waals surface area (Å²) in [7, 11) is -3.82. The van der Waals surface area contributed by atoms with Crippen molar-refractivity contribution in [3.05, 3.63) is 12.7 Å². The molecule has 0 saturated carbocycles. The summed E-state index contributed by atoms with van der Waals surface area (Å²) in [6.45, 7) is 4.15. The fraction of sp³-hybridized carbons (Fsp3) is 0.667. The molecule has 0 aliphatic rings. The van der Waals surface area contributed by atoms with Gasteiger partial charge in [0.25, 0.3) is 10.1 Å². The van der Waals surface area contributed by atoms with Crippen LogP contribution in [0.2, 0.25) is 0 Å². The molecule has 0 atom stereocenters. The van der Waals surface area contributed by atoms with Crippen LogP contribution in [0.4, 0.5) is 0 Å². The average Bonchev–Trinajstić information content (AvgIpc) is 1.85. The number of hydrogen-bond acceptors (Lipinski definition) is 3. The van der Waals surface area contributed by atoms with Crippen molar-refractivity contribution >= 4 is 61.5 Å². The predicted molar refractivity (Wildman–Crippen MR) is 49.2 cm³/mol. The molecule has 0 saturated heterocycles. The number of ether oxygens (including phenoxy) is 1. The molecule has 0 bridgehead atoms. The topological polar surface area (TPSA) is 63.6 Å². The Morgan fingerprint density at radius 3 is 2.50 bits per heavy atom. The van der Waals surface area contributed by atoms with Crippen molar-refractivity contribution in [3.8, 4) is 0 Å². The van der Waals surface area contributed by atoms with E-state index < -0.39 is 10.1 Å². The van der Waals surface area contributed by atoms with Crippen molar-refractivity contribution in [2.45, 2.75) is 6.42 Å². The number of rotatable bonds is 6. The molecule has 0 fully saturated rings. The monoisotopic (exact) mass is 220 g/mol. The molecule has 0 aromatic heterocycles. The molecule has 0 aromatic carbocycles. The van der Waals surface area contributed by atoms with Gasteiger partial charge >= 0.3 is 51.4 Å². The second kappa shape index (κ2) is 8.83. The van der Waals surface area contributed by atoms with Crippen molar-refractivity contribution in [2.24, 2.45) is 0 Å². The van der Waals surface area contributed by atoms with E-state index in [4.69, 9.17) is 9.29 Å². The van der Waals surface area contributed by atoms with E-state index in [9.17, 15) is 8.42 Å². The van der Waals surface area contributed by atoms with E-state index in [1.165, 1.54) is 0 Å². The first-order valence-electron chi connectivity index (χ1n) is 3.20. The predicted octanol–water partition coefficient (Wildman–Crippen LogP) is -0.182. The molecular weight excluding hydrogens is 207 g/mol. The van der Waals surface area contributed by atoms with E-state index in [0.29, 0.717) is 19.6 Å². The molecule has 4 nitrogen and oxygen atoms in total. The van der Waals surface area contributed by atoms with Crippen molar-refractivity contribution < 1.29 is 17.7 Å². The molecule has 0 spiro atoms. The van der Waals surface area contributed by atoms with Gasteiger partial charge in [-0.2, -0.15) is 8.42 Å².